The van der Waals surface area contributed by atoms with E-state index in [1.54, 1.807) is 32.4 Å². The molecule has 4 N–H and O–H groups in total. The van der Waals surface area contributed by atoms with E-state index in [1.807, 2.05) is 30.3 Å². The Labute approximate surface area is 225 Å². The summed E-state index contributed by atoms with van der Waals surface area (Å²) >= 11 is 25.6. The summed E-state index contributed by atoms with van der Waals surface area (Å²) in [4.78, 5) is 23.0. The average Bonchev–Trinajstić information content (AvgIpc) is 2.72. The van der Waals surface area contributed by atoms with Crippen molar-refractivity contribution in [1.29, 1.82) is 0 Å². The van der Waals surface area contributed by atoms with Crippen molar-refractivity contribution in [2.75, 3.05) is 20.0 Å². The molecule has 0 unspecified atom stereocenters. The lowest BCUT2D eigenvalue weighted by atomic mass is 10.2. The van der Waals surface area contributed by atoms with E-state index in [9.17, 15) is 14.2 Å². The summed E-state index contributed by atoms with van der Waals surface area (Å²) < 4.78 is 19.5. The molecule has 9 nitrogen and oxygen atoms in total. The van der Waals surface area contributed by atoms with Crippen molar-refractivity contribution in [2.45, 2.75) is 6.42 Å². The van der Waals surface area contributed by atoms with Crippen LogP contribution in [0.2, 0.25) is 10.2 Å². The number of nitrogens with two attached hydrogens (primary N) is 1. The minimum atomic E-state index is -3.22. The number of fused-ring (bicyclic) bond motifs is 1. The Kier molecular flexibility index (Phi) is 15.5. The van der Waals surface area contributed by atoms with Crippen LogP contribution >= 0.6 is 62.1 Å². The quantitative estimate of drug-likeness (QED) is 0.121. The summed E-state index contributed by atoms with van der Waals surface area (Å²) in [5.74, 6) is -1.08. The van der Waals surface area contributed by atoms with Gasteiger partial charge >= 0.3 is 17.1 Å². The highest BCUT2D eigenvalue weighted by atomic mass is 36.0. The molecule has 0 atom stereocenters. The first-order valence-electron chi connectivity index (χ1n) is 8.98. The van der Waals surface area contributed by atoms with Crippen molar-refractivity contribution >= 4 is 90.7 Å². The molecule has 0 aliphatic heterocycles. The van der Waals surface area contributed by atoms with Crippen LogP contribution in [-0.4, -0.2) is 41.4 Å². The molecule has 15 heteroatoms. The molecule has 0 aliphatic carbocycles. The number of aromatic nitrogens is 1. The molecule has 0 bridgehead atoms. The molecule has 0 saturated heterocycles. The number of hydrogen-bond acceptors (Lipinski definition) is 7. The summed E-state index contributed by atoms with van der Waals surface area (Å²) in [5.41, 5.74) is 6.92. The van der Waals surface area contributed by atoms with Crippen molar-refractivity contribution in [3.05, 3.63) is 58.7 Å². The first-order chi connectivity index (χ1) is 16.2. The average molecular weight is 609 g/mol. The normalized spacial score (nSPS) is 9.80. The standard InChI is InChI=1S/C10H7Cl2NO.C7H9NO.C3H4O4.Cl3OP/c1-14-6-2-3-7-8(11)5-10(12)13-9(7)4-6;1-9-7-4-2-3-6(8)5-7;4-2(5)1-3(6)7;1-5(2,3)4/h2-5H,1H3;2-5H,8H2,1H3;1H2,(H,4,5)(H,6,7);. The minimum Gasteiger partial charge on any atom is -0.497 e. The zero-order valence-electron chi connectivity index (χ0n) is 18.1. The lowest BCUT2D eigenvalue weighted by molar-refractivity contribution is -0.147. The van der Waals surface area contributed by atoms with Crippen LogP contribution in [0.3, 0.4) is 0 Å². The van der Waals surface area contributed by atoms with Crippen LogP contribution in [0.25, 0.3) is 10.9 Å². The van der Waals surface area contributed by atoms with Crippen LogP contribution in [0, 0.1) is 0 Å². The van der Waals surface area contributed by atoms with Crippen LogP contribution in [-0.2, 0) is 14.2 Å². The van der Waals surface area contributed by atoms with Crippen molar-refractivity contribution < 1.29 is 33.8 Å². The van der Waals surface area contributed by atoms with Gasteiger partial charge in [0.15, 0.2) is 0 Å². The van der Waals surface area contributed by atoms with Crippen molar-refractivity contribution in [3.63, 3.8) is 0 Å². The monoisotopic (exact) mass is 606 g/mol. The predicted molar refractivity (Wildman–Crippen MR) is 141 cm³/mol. The highest BCUT2D eigenvalue weighted by molar-refractivity contribution is 8.24. The molecule has 2 aromatic carbocycles. The second-order valence-electron chi connectivity index (χ2n) is 5.95. The summed E-state index contributed by atoms with van der Waals surface area (Å²) in [6, 6.07) is 14.4. The number of ether oxygens (including phenoxy) is 2. The smallest absolute Gasteiger partial charge is 0.339 e. The van der Waals surface area contributed by atoms with Gasteiger partial charge < -0.3 is 25.4 Å². The van der Waals surface area contributed by atoms with E-state index in [2.05, 4.69) is 38.7 Å². The zero-order valence-corrected chi connectivity index (χ0v) is 22.8. The minimum absolute atomic E-state index is 0.385. The number of nitrogen functional groups attached to an aromatic ring is 1. The maximum absolute atomic E-state index is 9.51. The molecule has 0 spiro atoms. The van der Waals surface area contributed by atoms with E-state index >= 15 is 0 Å². The number of hydrogen-bond donors (Lipinski definition) is 3. The molecular weight excluding hydrogens is 588 g/mol. The van der Waals surface area contributed by atoms with E-state index in [0.29, 0.717) is 10.2 Å². The molecule has 0 fully saturated rings. The van der Waals surface area contributed by atoms with Crippen LogP contribution in [0.5, 0.6) is 11.5 Å². The SMILES string of the molecule is COc1ccc2c(Cl)cc(Cl)nc2c1.COc1cccc(N)c1.O=C(O)CC(=O)O.O=P(Cl)(Cl)Cl. The maximum Gasteiger partial charge on any atom is 0.339 e. The van der Waals surface area contributed by atoms with Crippen LogP contribution < -0.4 is 15.2 Å². The number of carbonyl (C=O) groups is 2. The van der Waals surface area contributed by atoms with Gasteiger partial charge in [0.2, 0.25) is 0 Å². The molecule has 0 radical (unpaired) electrons. The molecule has 3 rings (SSSR count). The first kappa shape index (κ1) is 32.9. The van der Waals surface area contributed by atoms with Crippen LogP contribution in [0.4, 0.5) is 5.69 Å². The molecule has 0 aliphatic rings. The van der Waals surface area contributed by atoms with Gasteiger partial charge in [-0.2, -0.15) is 0 Å². The number of aliphatic carboxylic acids is 2. The second-order valence-corrected chi connectivity index (χ2v) is 13.4. The number of nitrogens with zero attached hydrogens (tertiary/aromatic N) is 1. The third-order valence-electron chi connectivity index (χ3n) is 3.33. The summed E-state index contributed by atoms with van der Waals surface area (Å²) in [5, 5.41) is 14.0. The number of halogens is 5. The Hall–Kier alpha value is -2.13. The Morgan fingerprint density at radius 1 is 0.943 bits per heavy atom. The fourth-order valence-electron chi connectivity index (χ4n) is 2.03. The number of methoxy groups -OCH3 is 2. The van der Waals surface area contributed by atoms with Gasteiger partial charge in [-0.05, 0) is 64.1 Å². The van der Waals surface area contributed by atoms with E-state index < -0.39 is 23.6 Å². The van der Waals surface area contributed by atoms with Crippen molar-refractivity contribution in [1.82, 2.24) is 4.98 Å². The second kappa shape index (κ2) is 16.5. The van der Waals surface area contributed by atoms with E-state index in [1.165, 1.54) is 0 Å². The highest BCUT2D eigenvalue weighted by Crippen LogP contribution is 2.61. The fraction of sp³-hybridized carbons (Fsp3) is 0.150. The van der Waals surface area contributed by atoms with Gasteiger partial charge in [-0.25, -0.2) is 4.98 Å². The van der Waals surface area contributed by atoms with Gasteiger partial charge in [-0.3, -0.25) is 14.2 Å². The largest absolute Gasteiger partial charge is 0.497 e. The maximum atomic E-state index is 9.51. The van der Waals surface area contributed by atoms with Gasteiger partial charge in [-0.1, -0.05) is 29.3 Å². The van der Waals surface area contributed by atoms with Gasteiger partial charge in [-0.15, -0.1) is 0 Å². The number of rotatable bonds is 4. The molecule has 192 valence electrons. The molecule has 0 amide bonds. The Morgan fingerprint density at radius 3 is 1.86 bits per heavy atom. The fourth-order valence-corrected chi connectivity index (χ4v) is 2.55. The molecule has 1 heterocycles. The molecule has 0 saturated carbocycles. The van der Waals surface area contributed by atoms with E-state index in [-0.39, 0.29) is 0 Å². The number of pyridine rings is 1. The molecule has 35 heavy (non-hydrogen) atoms. The zero-order chi connectivity index (χ0) is 27.2. The summed E-state index contributed by atoms with van der Waals surface area (Å²) in [7, 11) is 3.22. The van der Waals surface area contributed by atoms with Gasteiger partial charge in [0.1, 0.15) is 23.1 Å². The van der Waals surface area contributed by atoms with E-state index in [4.69, 9.17) is 48.6 Å². The Bertz CT molecular complexity index is 1160. The van der Waals surface area contributed by atoms with Crippen LogP contribution in [0.1, 0.15) is 6.42 Å². The van der Waals surface area contributed by atoms with Crippen molar-refractivity contribution in [2.24, 2.45) is 0 Å². The molecule has 3 aromatic rings. The van der Waals surface area contributed by atoms with Gasteiger partial charge in [0.05, 0.1) is 24.8 Å². The number of carboxylic acids is 2. The number of anilines is 1. The van der Waals surface area contributed by atoms with Crippen LogP contribution in [0.15, 0.2) is 48.5 Å². The molecule has 1 aromatic heterocycles. The summed E-state index contributed by atoms with van der Waals surface area (Å²) in [6.45, 7) is 0. The predicted octanol–water partition coefficient (Wildman–Crippen LogP) is 7.18. The summed E-state index contributed by atoms with van der Waals surface area (Å²) in [6.07, 6.45) is -0.806. The third-order valence-corrected chi connectivity index (χ3v) is 3.84. The highest BCUT2D eigenvalue weighted by Gasteiger charge is 2.04. The number of benzene rings is 2. The lowest BCUT2D eigenvalue weighted by Gasteiger charge is -2.03. The number of carboxylic acid groups (broad SMARTS) is 2. The first-order valence-corrected chi connectivity index (χ1v) is 14.2. The topological polar surface area (TPSA) is 149 Å². The van der Waals surface area contributed by atoms with Gasteiger partial charge in [0, 0.05) is 23.2 Å². The third kappa shape index (κ3) is 17.0. The Morgan fingerprint density at radius 2 is 1.46 bits per heavy atom. The molecular formula is C20H20Cl5N2O7P. The van der Waals surface area contributed by atoms with E-state index in [0.717, 1.165) is 28.1 Å². The van der Waals surface area contributed by atoms with Crippen molar-refractivity contribution in [3.8, 4) is 11.5 Å². The Balaban J connectivity index is 0.000000479. The lowest BCUT2D eigenvalue weighted by Crippen LogP contribution is -2.03. The van der Waals surface area contributed by atoms with Gasteiger partial charge in [0.25, 0.3) is 0 Å².